The highest BCUT2D eigenvalue weighted by molar-refractivity contribution is 5.70. The fraction of sp³-hybridized carbons (Fsp3) is 0.417. The standard InChI is InChI=1S/C12H16O3/c1-8-4-5-11(15-3)10(6-8)7-9(2)12(13)14/h4-6,9H,7H2,1-3H3,(H,13,14). The molecule has 0 bridgehead atoms. The summed E-state index contributed by atoms with van der Waals surface area (Å²) in [4.78, 5) is 10.7. The molecule has 3 heteroatoms. The van der Waals surface area contributed by atoms with Crippen LogP contribution in [0, 0.1) is 12.8 Å². The third-order valence-corrected chi connectivity index (χ3v) is 2.38. The van der Waals surface area contributed by atoms with Crippen molar-refractivity contribution < 1.29 is 14.6 Å². The van der Waals surface area contributed by atoms with Gasteiger partial charge >= 0.3 is 5.97 Å². The van der Waals surface area contributed by atoms with E-state index >= 15 is 0 Å². The predicted octanol–water partition coefficient (Wildman–Crippen LogP) is 2.27. The van der Waals surface area contributed by atoms with Crippen molar-refractivity contribution in [2.45, 2.75) is 20.3 Å². The maximum atomic E-state index is 10.7. The van der Waals surface area contributed by atoms with E-state index in [2.05, 4.69) is 0 Å². The number of carboxylic acids is 1. The van der Waals surface area contributed by atoms with Crippen LogP contribution < -0.4 is 4.74 Å². The number of aryl methyl sites for hydroxylation is 1. The number of methoxy groups -OCH3 is 1. The summed E-state index contributed by atoms with van der Waals surface area (Å²) in [6.07, 6.45) is 0.500. The fourth-order valence-electron chi connectivity index (χ4n) is 1.48. The lowest BCUT2D eigenvalue weighted by molar-refractivity contribution is -0.141. The lowest BCUT2D eigenvalue weighted by Crippen LogP contribution is -2.12. The Hall–Kier alpha value is -1.51. The molecule has 0 fully saturated rings. The van der Waals surface area contributed by atoms with E-state index in [-0.39, 0.29) is 5.92 Å². The number of ether oxygens (including phenoxy) is 1. The molecule has 0 radical (unpaired) electrons. The molecule has 1 unspecified atom stereocenters. The van der Waals surface area contributed by atoms with Crippen molar-refractivity contribution >= 4 is 5.97 Å². The van der Waals surface area contributed by atoms with Gasteiger partial charge in [-0.1, -0.05) is 24.6 Å². The zero-order valence-electron chi connectivity index (χ0n) is 9.28. The number of hydrogen-bond acceptors (Lipinski definition) is 2. The molecule has 0 saturated heterocycles. The number of hydrogen-bond donors (Lipinski definition) is 1. The largest absolute Gasteiger partial charge is 0.496 e. The van der Waals surface area contributed by atoms with Gasteiger partial charge in [0.1, 0.15) is 5.75 Å². The van der Waals surface area contributed by atoms with Crippen LogP contribution in [-0.2, 0) is 11.2 Å². The highest BCUT2D eigenvalue weighted by Crippen LogP contribution is 2.22. The summed E-state index contributed by atoms with van der Waals surface area (Å²) in [7, 11) is 1.60. The summed E-state index contributed by atoms with van der Waals surface area (Å²) in [6.45, 7) is 3.68. The normalized spacial score (nSPS) is 12.2. The second kappa shape index (κ2) is 4.82. The molecule has 1 aromatic carbocycles. The second-order valence-electron chi connectivity index (χ2n) is 3.76. The maximum absolute atomic E-state index is 10.7. The van der Waals surface area contributed by atoms with Crippen molar-refractivity contribution in [3.05, 3.63) is 29.3 Å². The monoisotopic (exact) mass is 208 g/mol. The molecule has 3 nitrogen and oxygen atoms in total. The first-order valence-corrected chi connectivity index (χ1v) is 4.91. The Morgan fingerprint density at radius 1 is 1.53 bits per heavy atom. The van der Waals surface area contributed by atoms with Crippen molar-refractivity contribution in [2.24, 2.45) is 5.92 Å². The Morgan fingerprint density at radius 3 is 2.73 bits per heavy atom. The minimum Gasteiger partial charge on any atom is -0.496 e. The van der Waals surface area contributed by atoms with Gasteiger partial charge in [-0.15, -0.1) is 0 Å². The molecular weight excluding hydrogens is 192 g/mol. The number of benzene rings is 1. The number of carbonyl (C=O) groups is 1. The Bertz CT molecular complexity index is 358. The molecular formula is C12H16O3. The van der Waals surface area contributed by atoms with Crippen LogP contribution >= 0.6 is 0 Å². The summed E-state index contributed by atoms with van der Waals surface area (Å²) in [5.74, 6) is -0.409. The van der Waals surface area contributed by atoms with Crippen molar-refractivity contribution in [3.8, 4) is 5.75 Å². The van der Waals surface area contributed by atoms with Gasteiger partial charge < -0.3 is 9.84 Å². The van der Waals surface area contributed by atoms with Gasteiger partial charge in [0, 0.05) is 0 Å². The van der Waals surface area contributed by atoms with Crippen LogP contribution in [0.3, 0.4) is 0 Å². The molecule has 0 amide bonds. The Balaban J connectivity index is 2.91. The Kier molecular flexibility index (Phi) is 3.72. The van der Waals surface area contributed by atoms with E-state index in [1.54, 1.807) is 14.0 Å². The van der Waals surface area contributed by atoms with E-state index in [4.69, 9.17) is 9.84 Å². The number of rotatable bonds is 4. The summed E-state index contributed by atoms with van der Waals surface area (Å²) >= 11 is 0. The average Bonchev–Trinajstić information content (AvgIpc) is 2.18. The molecule has 1 aromatic rings. The van der Waals surface area contributed by atoms with Gasteiger partial charge in [-0.2, -0.15) is 0 Å². The summed E-state index contributed by atoms with van der Waals surface area (Å²) < 4.78 is 5.19. The van der Waals surface area contributed by atoms with Crippen molar-refractivity contribution in [2.75, 3.05) is 7.11 Å². The molecule has 0 aliphatic carbocycles. The smallest absolute Gasteiger partial charge is 0.306 e. The van der Waals surface area contributed by atoms with Crippen LogP contribution in [0.15, 0.2) is 18.2 Å². The zero-order chi connectivity index (χ0) is 11.4. The Labute approximate surface area is 89.7 Å². The van der Waals surface area contributed by atoms with Gasteiger partial charge in [0.15, 0.2) is 0 Å². The van der Waals surface area contributed by atoms with Crippen molar-refractivity contribution in [1.29, 1.82) is 0 Å². The molecule has 0 saturated carbocycles. The minimum absolute atomic E-state index is 0.388. The molecule has 1 N–H and O–H groups in total. The van der Waals surface area contributed by atoms with Crippen molar-refractivity contribution in [3.63, 3.8) is 0 Å². The van der Waals surface area contributed by atoms with E-state index in [0.29, 0.717) is 6.42 Å². The predicted molar refractivity (Wildman–Crippen MR) is 58.2 cm³/mol. The second-order valence-corrected chi connectivity index (χ2v) is 3.76. The minimum atomic E-state index is -0.779. The van der Waals surface area contributed by atoms with E-state index < -0.39 is 5.97 Å². The molecule has 0 spiro atoms. The molecule has 15 heavy (non-hydrogen) atoms. The molecule has 1 atom stereocenters. The van der Waals surface area contributed by atoms with E-state index in [1.807, 2.05) is 25.1 Å². The van der Waals surface area contributed by atoms with E-state index in [0.717, 1.165) is 16.9 Å². The highest BCUT2D eigenvalue weighted by Gasteiger charge is 2.14. The third-order valence-electron chi connectivity index (χ3n) is 2.38. The maximum Gasteiger partial charge on any atom is 0.306 e. The van der Waals surface area contributed by atoms with Gasteiger partial charge in [0.05, 0.1) is 13.0 Å². The van der Waals surface area contributed by atoms with Gasteiger partial charge in [0.2, 0.25) is 0 Å². The van der Waals surface area contributed by atoms with Gasteiger partial charge in [0.25, 0.3) is 0 Å². The number of aliphatic carboxylic acids is 1. The Morgan fingerprint density at radius 2 is 2.20 bits per heavy atom. The molecule has 0 aliphatic rings. The van der Waals surface area contributed by atoms with Gasteiger partial charge in [-0.3, -0.25) is 4.79 Å². The summed E-state index contributed by atoms with van der Waals surface area (Å²) in [5.41, 5.74) is 2.07. The quantitative estimate of drug-likeness (QED) is 0.825. The topological polar surface area (TPSA) is 46.5 Å². The van der Waals surface area contributed by atoms with Gasteiger partial charge in [-0.25, -0.2) is 0 Å². The first-order valence-electron chi connectivity index (χ1n) is 4.91. The van der Waals surface area contributed by atoms with E-state index in [1.165, 1.54) is 0 Å². The first kappa shape index (κ1) is 11.6. The molecule has 0 aliphatic heterocycles. The third kappa shape index (κ3) is 2.98. The zero-order valence-corrected chi connectivity index (χ0v) is 9.28. The van der Waals surface area contributed by atoms with Crippen LogP contribution in [-0.4, -0.2) is 18.2 Å². The highest BCUT2D eigenvalue weighted by atomic mass is 16.5. The van der Waals surface area contributed by atoms with Crippen molar-refractivity contribution in [1.82, 2.24) is 0 Å². The van der Waals surface area contributed by atoms with Crippen LogP contribution in [0.2, 0.25) is 0 Å². The first-order chi connectivity index (χ1) is 7.04. The molecule has 0 heterocycles. The number of carboxylic acid groups (broad SMARTS) is 1. The van der Waals surface area contributed by atoms with Gasteiger partial charge in [-0.05, 0) is 25.0 Å². The summed E-state index contributed by atoms with van der Waals surface area (Å²) in [5, 5.41) is 8.84. The van der Waals surface area contributed by atoms with E-state index in [9.17, 15) is 4.79 Å². The SMILES string of the molecule is COc1ccc(C)cc1CC(C)C(=O)O. The fourth-order valence-corrected chi connectivity index (χ4v) is 1.48. The molecule has 0 aromatic heterocycles. The molecule has 82 valence electrons. The lowest BCUT2D eigenvalue weighted by Gasteiger charge is -2.11. The molecule has 1 rings (SSSR count). The van der Waals surface area contributed by atoms with Crippen LogP contribution in [0.5, 0.6) is 5.75 Å². The van der Waals surface area contributed by atoms with Crippen LogP contribution in [0.4, 0.5) is 0 Å². The lowest BCUT2D eigenvalue weighted by atomic mass is 9.99. The van der Waals surface area contributed by atoms with Crippen LogP contribution in [0.1, 0.15) is 18.1 Å². The average molecular weight is 208 g/mol. The summed E-state index contributed by atoms with van der Waals surface area (Å²) in [6, 6.07) is 5.80. The van der Waals surface area contributed by atoms with Crippen LogP contribution in [0.25, 0.3) is 0 Å².